The molecule has 2 amide bonds. The molecule has 1 aliphatic rings. The molecule has 1 fully saturated rings. The Morgan fingerprint density at radius 1 is 0.727 bits per heavy atom. The lowest BCUT2D eigenvalue weighted by molar-refractivity contribution is -0.201. The number of esters is 2. The molecule has 33 heavy (non-hydrogen) atoms. The Balaban J connectivity index is 3.03. The number of nitrogens with zero attached hydrogens (tertiary/aromatic N) is 1. The number of Topliss-reactive ketones (excluding diaryl/α,β-unsaturated/α-hetero) is 1. The number of rotatable bonds is 11. The molecule has 3 unspecified atom stereocenters. The summed E-state index contributed by atoms with van der Waals surface area (Å²) in [5.41, 5.74) is 0. The molecule has 0 bridgehead atoms. The van der Waals surface area contributed by atoms with Gasteiger partial charge in [0.25, 0.3) is 0 Å². The van der Waals surface area contributed by atoms with Crippen molar-refractivity contribution in [1.82, 2.24) is 5.06 Å². The first-order valence-corrected chi connectivity index (χ1v) is 11.2. The van der Waals surface area contributed by atoms with Crippen LogP contribution in [0.1, 0.15) is 68.2 Å². The first-order valence-electron chi connectivity index (χ1n) is 11.2. The van der Waals surface area contributed by atoms with Crippen molar-refractivity contribution in [2.45, 2.75) is 80.4 Å². The fourth-order valence-electron chi connectivity index (χ4n) is 2.83. The third kappa shape index (κ3) is 7.64. The van der Waals surface area contributed by atoms with Gasteiger partial charge in [0.1, 0.15) is 5.78 Å². The Morgan fingerprint density at radius 3 is 1.48 bits per heavy atom. The summed E-state index contributed by atoms with van der Waals surface area (Å²) in [6.45, 7) is 13.3. The van der Waals surface area contributed by atoms with E-state index in [4.69, 9.17) is 14.3 Å². The van der Waals surface area contributed by atoms with Gasteiger partial charge in [-0.05, 0) is 11.8 Å². The van der Waals surface area contributed by atoms with E-state index in [2.05, 4.69) is 0 Å². The maximum atomic E-state index is 12.8. The maximum Gasteiger partial charge on any atom is 0.333 e. The van der Waals surface area contributed by atoms with Crippen molar-refractivity contribution in [1.29, 1.82) is 0 Å². The molecular weight excluding hydrogens is 434 g/mol. The summed E-state index contributed by atoms with van der Waals surface area (Å²) in [7, 11) is 0. The van der Waals surface area contributed by atoms with Crippen molar-refractivity contribution in [2.24, 2.45) is 29.6 Å². The summed E-state index contributed by atoms with van der Waals surface area (Å²) in [5, 5.41) is 0.181. The lowest BCUT2D eigenvalue weighted by Crippen LogP contribution is -2.39. The van der Waals surface area contributed by atoms with Gasteiger partial charge in [0.15, 0.2) is 0 Å². The van der Waals surface area contributed by atoms with Crippen LogP contribution in [0.25, 0.3) is 0 Å². The molecule has 0 aromatic carbocycles. The van der Waals surface area contributed by atoms with Gasteiger partial charge in [0.2, 0.25) is 12.2 Å². The van der Waals surface area contributed by atoms with Crippen LogP contribution in [0.2, 0.25) is 0 Å². The van der Waals surface area contributed by atoms with Gasteiger partial charge in [-0.15, -0.1) is 0 Å². The number of ketones is 1. The van der Waals surface area contributed by atoms with E-state index in [0.29, 0.717) is 0 Å². The normalized spacial score (nSPS) is 19.5. The van der Waals surface area contributed by atoms with Crippen LogP contribution in [0.5, 0.6) is 0 Å². The number of carbonyl (C=O) groups excluding carboxylic acids is 6. The minimum absolute atomic E-state index is 0.0175. The van der Waals surface area contributed by atoms with Crippen LogP contribution < -0.4 is 0 Å². The van der Waals surface area contributed by atoms with Gasteiger partial charge in [-0.1, -0.05) is 60.5 Å². The van der Waals surface area contributed by atoms with E-state index >= 15 is 0 Å². The molecule has 3 atom stereocenters. The largest absolute Gasteiger partial charge is 0.447 e. The van der Waals surface area contributed by atoms with E-state index in [1.54, 1.807) is 13.8 Å². The smallest absolute Gasteiger partial charge is 0.333 e. The van der Waals surface area contributed by atoms with Gasteiger partial charge < -0.3 is 14.3 Å². The Hall–Kier alpha value is -2.78. The average molecular weight is 470 g/mol. The molecule has 186 valence electrons. The average Bonchev–Trinajstić information content (AvgIpc) is 2.91. The number of hydrogen-bond donors (Lipinski definition) is 0. The lowest BCUT2D eigenvalue weighted by atomic mass is 9.85. The van der Waals surface area contributed by atoms with Crippen LogP contribution in [-0.4, -0.2) is 52.8 Å². The van der Waals surface area contributed by atoms with Gasteiger partial charge in [0.05, 0.1) is 18.3 Å². The van der Waals surface area contributed by atoms with Crippen LogP contribution in [0.4, 0.5) is 0 Å². The summed E-state index contributed by atoms with van der Waals surface area (Å²) in [6, 6.07) is 0. The predicted molar refractivity (Wildman–Crippen MR) is 115 cm³/mol. The molecule has 0 aromatic rings. The molecule has 0 radical (unpaired) electrons. The van der Waals surface area contributed by atoms with Gasteiger partial charge in [-0.25, -0.2) is 4.79 Å². The third-order valence-electron chi connectivity index (χ3n) is 5.26. The molecule has 0 aliphatic carbocycles. The first kappa shape index (κ1) is 28.3. The highest BCUT2D eigenvalue weighted by atomic mass is 16.7. The summed E-state index contributed by atoms with van der Waals surface area (Å²) in [4.78, 5) is 79.3. The second-order valence-corrected chi connectivity index (χ2v) is 9.49. The van der Waals surface area contributed by atoms with Gasteiger partial charge in [-0.2, -0.15) is 0 Å². The van der Waals surface area contributed by atoms with E-state index in [1.165, 1.54) is 27.7 Å². The van der Waals surface area contributed by atoms with Crippen molar-refractivity contribution in [3.05, 3.63) is 0 Å². The Labute approximate surface area is 194 Å². The zero-order valence-electron chi connectivity index (χ0n) is 20.6. The first-order chi connectivity index (χ1) is 15.2. The third-order valence-corrected chi connectivity index (χ3v) is 5.26. The fraction of sp³-hybridized carbons (Fsp3) is 0.739. The summed E-state index contributed by atoms with van der Waals surface area (Å²) in [6.07, 6.45) is -3.58. The molecule has 1 rings (SSSR count). The zero-order chi connectivity index (χ0) is 25.6. The molecule has 1 aliphatic heterocycles. The van der Waals surface area contributed by atoms with E-state index in [9.17, 15) is 28.8 Å². The van der Waals surface area contributed by atoms with Crippen LogP contribution >= 0.6 is 0 Å². The molecule has 10 heteroatoms. The number of carbonyl (C=O) groups is 6. The molecule has 1 saturated heterocycles. The highest BCUT2D eigenvalue weighted by Crippen LogP contribution is 2.26. The Kier molecular flexibility index (Phi) is 10.2. The maximum absolute atomic E-state index is 12.8. The van der Waals surface area contributed by atoms with Gasteiger partial charge >= 0.3 is 29.7 Å². The van der Waals surface area contributed by atoms with Crippen LogP contribution in [-0.2, 0) is 43.1 Å². The molecule has 0 N–H and O–H groups in total. The summed E-state index contributed by atoms with van der Waals surface area (Å²) in [5.74, 6) is -6.56. The molecule has 10 nitrogen and oxygen atoms in total. The van der Waals surface area contributed by atoms with Crippen molar-refractivity contribution < 1.29 is 43.1 Å². The highest BCUT2D eigenvalue weighted by Gasteiger charge is 2.55. The zero-order valence-corrected chi connectivity index (χ0v) is 20.6. The second kappa shape index (κ2) is 11.9. The number of ether oxygens (including phenoxy) is 2. The van der Waals surface area contributed by atoms with Crippen molar-refractivity contribution in [3.63, 3.8) is 0 Å². The summed E-state index contributed by atoms with van der Waals surface area (Å²) < 4.78 is 10.2. The topological polar surface area (TPSA) is 133 Å². The molecule has 0 saturated carbocycles. The number of hydroxylamine groups is 2. The van der Waals surface area contributed by atoms with Crippen molar-refractivity contribution >= 4 is 35.5 Å². The Bertz CT molecular complexity index is 745. The van der Waals surface area contributed by atoms with E-state index < -0.39 is 53.8 Å². The molecule has 1 heterocycles. The van der Waals surface area contributed by atoms with Crippen LogP contribution in [0, 0.1) is 29.6 Å². The Morgan fingerprint density at radius 2 is 1.15 bits per heavy atom. The molecule has 0 spiro atoms. The van der Waals surface area contributed by atoms with Gasteiger partial charge in [-0.3, -0.25) is 24.0 Å². The lowest BCUT2D eigenvalue weighted by Gasteiger charge is -2.21. The predicted octanol–water partition coefficient (Wildman–Crippen LogP) is 2.23. The van der Waals surface area contributed by atoms with E-state index in [-0.39, 0.29) is 41.4 Å². The minimum atomic E-state index is -1.76. The van der Waals surface area contributed by atoms with Crippen LogP contribution in [0.15, 0.2) is 0 Å². The van der Waals surface area contributed by atoms with Gasteiger partial charge in [0, 0.05) is 12.3 Å². The van der Waals surface area contributed by atoms with E-state index in [0.717, 1.165) is 0 Å². The molecule has 0 aromatic heterocycles. The number of hydrogen-bond acceptors (Lipinski definition) is 9. The highest BCUT2D eigenvalue weighted by molar-refractivity contribution is 6.09. The summed E-state index contributed by atoms with van der Waals surface area (Å²) >= 11 is 0. The second-order valence-electron chi connectivity index (χ2n) is 9.49. The fourth-order valence-corrected chi connectivity index (χ4v) is 2.83. The molecular formula is C23H35NO9. The number of amides is 2. The standard InChI is InChI=1S/C23H35NO9/c1-11(2)15(9-16(25)12(3)4)10-17(26)33-24-20(27)18(31-22(29)13(5)6)19(21(24)28)32-23(30)14(7)8/h11-15,18-19H,9-10H2,1-8H3. The quantitative estimate of drug-likeness (QED) is 0.330. The monoisotopic (exact) mass is 469 g/mol. The van der Waals surface area contributed by atoms with Crippen LogP contribution in [0.3, 0.4) is 0 Å². The van der Waals surface area contributed by atoms with Crippen molar-refractivity contribution in [2.75, 3.05) is 0 Å². The van der Waals surface area contributed by atoms with E-state index in [1.807, 2.05) is 13.8 Å². The number of imide groups is 1. The SMILES string of the molecule is CC(C)C(=O)CC(CC(=O)ON1C(=O)C(OC(=O)C(C)C)C(OC(=O)C(C)C)C1=O)C(C)C. The van der Waals surface area contributed by atoms with Crippen molar-refractivity contribution in [3.8, 4) is 0 Å². The minimum Gasteiger partial charge on any atom is -0.447 e.